The fraction of sp³-hybridized carbons (Fsp3) is 0.647. The summed E-state index contributed by atoms with van der Waals surface area (Å²) in [5.41, 5.74) is 4.66. The Morgan fingerprint density at radius 1 is 1.17 bits per heavy atom. The van der Waals surface area contributed by atoms with Crippen LogP contribution < -0.4 is 5.32 Å². The van der Waals surface area contributed by atoms with Gasteiger partial charge in [0.2, 0.25) is 0 Å². The number of rotatable bonds is 4. The smallest absolute Gasteiger partial charge is 0.00462 e. The molecule has 1 N–H and O–H groups in total. The van der Waals surface area contributed by atoms with Crippen molar-refractivity contribution in [2.45, 2.75) is 52.4 Å². The largest absolute Gasteiger partial charge is 0.317 e. The van der Waals surface area contributed by atoms with Gasteiger partial charge in [-0.1, -0.05) is 39.0 Å². The van der Waals surface area contributed by atoms with Crippen LogP contribution in [0.15, 0.2) is 18.2 Å². The maximum atomic E-state index is 3.46. The number of hydrogen-bond donors (Lipinski definition) is 1. The highest BCUT2D eigenvalue weighted by Gasteiger charge is 2.15. The van der Waals surface area contributed by atoms with Gasteiger partial charge in [0.1, 0.15) is 0 Å². The van der Waals surface area contributed by atoms with Gasteiger partial charge >= 0.3 is 0 Å². The van der Waals surface area contributed by atoms with Crippen molar-refractivity contribution < 1.29 is 0 Å². The second-order valence-electron chi connectivity index (χ2n) is 5.93. The van der Waals surface area contributed by atoms with E-state index in [1.807, 2.05) is 0 Å². The van der Waals surface area contributed by atoms with E-state index >= 15 is 0 Å². The summed E-state index contributed by atoms with van der Waals surface area (Å²) in [5.74, 6) is 1.53. The fourth-order valence-electron chi connectivity index (χ4n) is 2.94. The highest BCUT2D eigenvalue weighted by molar-refractivity contribution is 5.34. The lowest BCUT2D eigenvalue weighted by Crippen LogP contribution is -2.28. The minimum Gasteiger partial charge on any atom is -0.317 e. The standard InChI is InChI=1S/C17H27N/c1-4-15-5-6-16(13(2)3)12-17(15)11-14-7-9-18-10-8-14/h5-6,12-14,18H,4,7-11H2,1-3H3. The van der Waals surface area contributed by atoms with Crippen molar-refractivity contribution in [1.29, 1.82) is 0 Å². The molecule has 0 bridgehead atoms. The van der Waals surface area contributed by atoms with E-state index in [-0.39, 0.29) is 0 Å². The molecule has 1 saturated heterocycles. The van der Waals surface area contributed by atoms with Gasteiger partial charge in [-0.3, -0.25) is 0 Å². The number of piperidine rings is 1. The summed E-state index contributed by atoms with van der Waals surface area (Å²) in [6.45, 7) is 9.26. The van der Waals surface area contributed by atoms with E-state index in [0.29, 0.717) is 5.92 Å². The first-order valence-electron chi connectivity index (χ1n) is 7.53. The summed E-state index contributed by atoms with van der Waals surface area (Å²) < 4.78 is 0. The average molecular weight is 245 g/mol. The molecule has 0 radical (unpaired) electrons. The van der Waals surface area contributed by atoms with Crippen LogP contribution in [-0.2, 0) is 12.8 Å². The molecule has 1 fully saturated rings. The van der Waals surface area contributed by atoms with Gasteiger partial charge in [0.15, 0.2) is 0 Å². The number of benzene rings is 1. The van der Waals surface area contributed by atoms with E-state index in [1.54, 1.807) is 11.1 Å². The lowest BCUT2D eigenvalue weighted by molar-refractivity contribution is 0.372. The van der Waals surface area contributed by atoms with E-state index in [1.165, 1.54) is 44.3 Å². The van der Waals surface area contributed by atoms with Gasteiger partial charge in [0.05, 0.1) is 0 Å². The predicted octanol–water partition coefficient (Wildman–Crippen LogP) is 3.91. The van der Waals surface area contributed by atoms with E-state index in [2.05, 4.69) is 44.3 Å². The van der Waals surface area contributed by atoms with E-state index in [0.717, 1.165) is 5.92 Å². The monoisotopic (exact) mass is 245 g/mol. The van der Waals surface area contributed by atoms with Gasteiger partial charge in [-0.15, -0.1) is 0 Å². The first-order valence-corrected chi connectivity index (χ1v) is 7.53. The zero-order valence-electron chi connectivity index (χ0n) is 12.1. The molecular formula is C17H27N. The van der Waals surface area contributed by atoms with Crippen molar-refractivity contribution >= 4 is 0 Å². The van der Waals surface area contributed by atoms with E-state index < -0.39 is 0 Å². The first kappa shape index (κ1) is 13.6. The first-order chi connectivity index (χ1) is 8.70. The summed E-state index contributed by atoms with van der Waals surface area (Å²) in [6, 6.07) is 7.13. The zero-order valence-corrected chi connectivity index (χ0v) is 12.1. The molecule has 1 aromatic carbocycles. The van der Waals surface area contributed by atoms with Crippen LogP contribution in [-0.4, -0.2) is 13.1 Å². The number of hydrogen-bond acceptors (Lipinski definition) is 1. The van der Waals surface area contributed by atoms with Crippen molar-refractivity contribution in [2.24, 2.45) is 5.92 Å². The van der Waals surface area contributed by atoms with E-state index in [4.69, 9.17) is 0 Å². The molecule has 0 unspecified atom stereocenters. The van der Waals surface area contributed by atoms with Crippen molar-refractivity contribution in [1.82, 2.24) is 5.32 Å². The third kappa shape index (κ3) is 3.35. The molecule has 1 heterocycles. The molecular weight excluding hydrogens is 218 g/mol. The Bertz CT molecular complexity index is 375. The zero-order chi connectivity index (χ0) is 13.0. The quantitative estimate of drug-likeness (QED) is 0.848. The minimum atomic E-state index is 0.641. The third-order valence-corrected chi connectivity index (χ3v) is 4.25. The van der Waals surface area contributed by atoms with Crippen LogP contribution >= 0.6 is 0 Å². The van der Waals surface area contributed by atoms with Gasteiger partial charge in [0, 0.05) is 0 Å². The molecule has 1 aliphatic rings. The maximum Gasteiger partial charge on any atom is -0.00462 e. The van der Waals surface area contributed by atoms with Crippen LogP contribution in [0.25, 0.3) is 0 Å². The molecule has 0 amide bonds. The highest BCUT2D eigenvalue weighted by atomic mass is 14.9. The SMILES string of the molecule is CCc1ccc(C(C)C)cc1CC1CCNCC1. The molecule has 1 aliphatic heterocycles. The Balaban J connectivity index is 2.15. The molecule has 2 rings (SSSR count). The lowest BCUT2D eigenvalue weighted by atomic mass is 9.86. The third-order valence-electron chi connectivity index (χ3n) is 4.25. The van der Waals surface area contributed by atoms with Crippen LogP contribution in [0.5, 0.6) is 0 Å². The van der Waals surface area contributed by atoms with Gasteiger partial charge in [-0.25, -0.2) is 0 Å². The van der Waals surface area contributed by atoms with Gasteiger partial charge in [0.25, 0.3) is 0 Å². The normalized spacial score (nSPS) is 17.3. The van der Waals surface area contributed by atoms with Crippen molar-refractivity contribution in [3.05, 3.63) is 34.9 Å². The van der Waals surface area contributed by atoms with Crippen LogP contribution in [0.3, 0.4) is 0 Å². The second kappa shape index (κ2) is 6.38. The molecule has 0 spiro atoms. The number of aryl methyl sites for hydroxylation is 1. The topological polar surface area (TPSA) is 12.0 Å². The highest BCUT2D eigenvalue weighted by Crippen LogP contribution is 2.24. The Morgan fingerprint density at radius 3 is 2.50 bits per heavy atom. The van der Waals surface area contributed by atoms with E-state index in [9.17, 15) is 0 Å². The molecule has 1 heteroatoms. The summed E-state index contributed by atoms with van der Waals surface area (Å²) in [6.07, 6.45) is 5.13. The minimum absolute atomic E-state index is 0.641. The van der Waals surface area contributed by atoms with Gasteiger partial charge in [-0.05, 0) is 67.3 Å². The molecule has 0 aromatic heterocycles. The summed E-state index contributed by atoms with van der Waals surface area (Å²) in [4.78, 5) is 0. The van der Waals surface area contributed by atoms with Crippen LogP contribution in [0.4, 0.5) is 0 Å². The Hall–Kier alpha value is -0.820. The van der Waals surface area contributed by atoms with Gasteiger partial charge < -0.3 is 5.32 Å². The molecule has 0 atom stereocenters. The van der Waals surface area contributed by atoms with Crippen LogP contribution in [0, 0.1) is 5.92 Å². The average Bonchev–Trinajstić information content (AvgIpc) is 2.39. The molecule has 1 aromatic rings. The predicted molar refractivity (Wildman–Crippen MR) is 79.2 cm³/mol. The summed E-state index contributed by atoms with van der Waals surface area (Å²) in [7, 11) is 0. The Kier molecular flexibility index (Phi) is 4.82. The lowest BCUT2D eigenvalue weighted by Gasteiger charge is -2.24. The molecule has 1 nitrogen and oxygen atoms in total. The summed E-state index contributed by atoms with van der Waals surface area (Å²) in [5, 5.41) is 3.46. The molecule has 0 saturated carbocycles. The van der Waals surface area contributed by atoms with Crippen molar-refractivity contribution in [2.75, 3.05) is 13.1 Å². The fourth-order valence-corrected chi connectivity index (χ4v) is 2.94. The van der Waals surface area contributed by atoms with Crippen molar-refractivity contribution in [3.8, 4) is 0 Å². The second-order valence-corrected chi connectivity index (χ2v) is 5.93. The molecule has 100 valence electrons. The van der Waals surface area contributed by atoms with Crippen LogP contribution in [0.1, 0.15) is 56.2 Å². The Morgan fingerprint density at radius 2 is 1.89 bits per heavy atom. The van der Waals surface area contributed by atoms with Crippen molar-refractivity contribution in [3.63, 3.8) is 0 Å². The van der Waals surface area contributed by atoms with Crippen LogP contribution in [0.2, 0.25) is 0 Å². The summed E-state index contributed by atoms with van der Waals surface area (Å²) >= 11 is 0. The van der Waals surface area contributed by atoms with Gasteiger partial charge in [-0.2, -0.15) is 0 Å². The number of nitrogens with one attached hydrogen (secondary N) is 1. The maximum absolute atomic E-state index is 3.46. The molecule has 0 aliphatic carbocycles. The Labute approximate surface area is 112 Å². The molecule has 18 heavy (non-hydrogen) atoms.